The normalized spacial score (nSPS) is 12.4. The molecule has 0 aliphatic heterocycles. The third kappa shape index (κ3) is 4.97. The predicted octanol–water partition coefficient (Wildman–Crippen LogP) is 3.78. The van der Waals surface area contributed by atoms with Gasteiger partial charge >= 0.3 is 0 Å². The van der Waals surface area contributed by atoms with Gasteiger partial charge in [0.15, 0.2) is 0 Å². The zero-order valence-corrected chi connectivity index (χ0v) is 12.7. The van der Waals surface area contributed by atoms with Crippen LogP contribution in [0.5, 0.6) is 0 Å². The van der Waals surface area contributed by atoms with E-state index in [0.29, 0.717) is 22.8 Å². The van der Waals surface area contributed by atoms with E-state index in [2.05, 4.69) is 5.43 Å². The van der Waals surface area contributed by atoms with Gasteiger partial charge in [-0.05, 0) is 54.4 Å². The Morgan fingerprint density at radius 2 is 1.76 bits per heavy atom. The largest absolute Gasteiger partial charge is 0.271 e. The minimum Gasteiger partial charge on any atom is -0.271 e. The summed E-state index contributed by atoms with van der Waals surface area (Å²) in [6, 6.07) is 10.4. The van der Waals surface area contributed by atoms with E-state index < -0.39 is 0 Å². The summed E-state index contributed by atoms with van der Waals surface area (Å²) in [5, 5.41) is 0.517. The van der Waals surface area contributed by atoms with Crippen LogP contribution in [0.15, 0.2) is 47.4 Å². The van der Waals surface area contributed by atoms with Gasteiger partial charge in [-0.3, -0.25) is 11.3 Å². The summed E-state index contributed by atoms with van der Waals surface area (Å²) < 4.78 is 26.1. The van der Waals surface area contributed by atoms with Crippen molar-refractivity contribution in [2.24, 2.45) is 5.84 Å². The molecular weight excluding hydrogens is 314 g/mol. The van der Waals surface area contributed by atoms with Gasteiger partial charge in [0, 0.05) is 21.7 Å². The van der Waals surface area contributed by atoms with Crippen molar-refractivity contribution in [1.29, 1.82) is 0 Å². The first-order valence-corrected chi connectivity index (χ1v) is 7.73. The van der Waals surface area contributed by atoms with Gasteiger partial charge in [0.25, 0.3) is 0 Å². The number of hydrazine groups is 1. The molecule has 1 atom stereocenters. The first-order valence-electron chi connectivity index (χ1n) is 6.37. The molecular formula is C15H15ClF2N2S. The molecule has 0 saturated carbocycles. The number of hydrogen-bond donors (Lipinski definition) is 2. The number of thioether (sulfide) groups is 1. The van der Waals surface area contributed by atoms with Crippen LogP contribution < -0.4 is 11.3 Å². The Morgan fingerprint density at radius 1 is 1.10 bits per heavy atom. The molecule has 2 aromatic carbocycles. The molecule has 0 bridgehead atoms. The van der Waals surface area contributed by atoms with Gasteiger partial charge in [-0.15, -0.1) is 11.8 Å². The molecule has 2 nitrogen and oxygen atoms in total. The Morgan fingerprint density at radius 3 is 2.43 bits per heavy atom. The van der Waals surface area contributed by atoms with Crippen LogP contribution in [-0.4, -0.2) is 11.8 Å². The summed E-state index contributed by atoms with van der Waals surface area (Å²) in [6.07, 6.45) is 0.515. The van der Waals surface area contributed by atoms with Crippen LogP contribution in [0, 0.1) is 11.6 Å². The Labute approximate surface area is 131 Å². The molecule has 0 saturated heterocycles. The van der Waals surface area contributed by atoms with Crippen LogP contribution in [0.25, 0.3) is 0 Å². The highest BCUT2D eigenvalue weighted by molar-refractivity contribution is 7.99. The van der Waals surface area contributed by atoms with Gasteiger partial charge < -0.3 is 0 Å². The van der Waals surface area contributed by atoms with Crippen molar-refractivity contribution in [2.45, 2.75) is 17.4 Å². The first-order chi connectivity index (χ1) is 10.1. The highest BCUT2D eigenvalue weighted by Gasteiger charge is 2.12. The topological polar surface area (TPSA) is 38.0 Å². The van der Waals surface area contributed by atoms with Crippen LogP contribution in [0.3, 0.4) is 0 Å². The van der Waals surface area contributed by atoms with Gasteiger partial charge in [0.05, 0.1) is 0 Å². The van der Waals surface area contributed by atoms with Gasteiger partial charge in [0.2, 0.25) is 0 Å². The second kappa shape index (κ2) is 7.75. The van der Waals surface area contributed by atoms with Crippen molar-refractivity contribution in [3.63, 3.8) is 0 Å². The third-order valence-electron chi connectivity index (χ3n) is 2.97. The highest BCUT2D eigenvalue weighted by atomic mass is 35.5. The Balaban J connectivity index is 1.96. The molecule has 6 heteroatoms. The summed E-state index contributed by atoms with van der Waals surface area (Å²) in [5.74, 6) is 5.61. The number of halogens is 3. The van der Waals surface area contributed by atoms with E-state index in [1.165, 1.54) is 30.3 Å². The number of nitrogens with one attached hydrogen (secondary N) is 1. The van der Waals surface area contributed by atoms with Crippen molar-refractivity contribution in [3.05, 3.63) is 64.7 Å². The zero-order chi connectivity index (χ0) is 15.2. The van der Waals surface area contributed by atoms with Crippen molar-refractivity contribution >= 4 is 23.4 Å². The lowest BCUT2D eigenvalue weighted by molar-refractivity contribution is 0.570. The summed E-state index contributed by atoms with van der Waals surface area (Å²) in [6.45, 7) is 0. The molecule has 0 spiro atoms. The molecule has 0 aliphatic carbocycles. The molecule has 0 aliphatic rings. The molecule has 3 N–H and O–H groups in total. The lowest BCUT2D eigenvalue weighted by Crippen LogP contribution is -2.38. The van der Waals surface area contributed by atoms with Crippen molar-refractivity contribution in [2.75, 3.05) is 5.75 Å². The maximum absolute atomic E-state index is 13.2. The summed E-state index contributed by atoms with van der Waals surface area (Å²) in [7, 11) is 0. The molecule has 0 heterocycles. The van der Waals surface area contributed by atoms with Gasteiger partial charge in [-0.1, -0.05) is 11.6 Å². The van der Waals surface area contributed by atoms with E-state index in [1.54, 1.807) is 23.9 Å². The lowest BCUT2D eigenvalue weighted by Gasteiger charge is -2.16. The van der Waals surface area contributed by atoms with Crippen LogP contribution in [0.2, 0.25) is 5.02 Å². The van der Waals surface area contributed by atoms with Crippen LogP contribution in [0.4, 0.5) is 8.78 Å². The standard InChI is InChI=1S/C15H15ClF2N2S/c16-15-6-3-12(18)7-10(15)8-13(20-19)9-21-14-4-1-11(17)2-5-14/h1-7,13,20H,8-9,19H2. The fraction of sp³-hybridized carbons (Fsp3) is 0.200. The molecule has 0 aromatic heterocycles. The molecule has 21 heavy (non-hydrogen) atoms. The number of hydrogen-bond acceptors (Lipinski definition) is 3. The Hall–Kier alpha value is -1.14. The second-order valence-electron chi connectivity index (χ2n) is 4.57. The van der Waals surface area contributed by atoms with Crippen LogP contribution in [0.1, 0.15) is 5.56 Å². The average Bonchev–Trinajstić information content (AvgIpc) is 2.48. The third-order valence-corrected chi connectivity index (χ3v) is 4.52. The number of rotatable bonds is 6. The second-order valence-corrected chi connectivity index (χ2v) is 6.07. The number of benzene rings is 2. The molecule has 0 radical (unpaired) electrons. The minimum absolute atomic E-state index is 0.0700. The molecule has 0 fully saturated rings. The predicted molar refractivity (Wildman–Crippen MR) is 83.3 cm³/mol. The quantitative estimate of drug-likeness (QED) is 0.481. The maximum Gasteiger partial charge on any atom is 0.123 e. The SMILES string of the molecule is NNC(CSc1ccc(F)cc1)Cc1cc(F)ccc1Cl. The summed E-state index contributed by atoms with van der Waals surface area (Å²) in [4.78, 5) is 0.946. The zero-order valence-electron chi connectivity index (χ0n) is 11.2. The van der Waals surface area contributed by atoms with Crippen molar-refractivity contribution < 1.29 is 8.78 Å². The number of nitrogens with two attached hydrogens (primary N) is 1. The van der Waals surface area contributed by atoms with E-state index in [0.717, 1.165) is 4.90 Å². The molecule has 1 unspecified atom stereocenters. The first kappa shape index (κ1) is 16.2. The fourth-order valence-corrected chi connectivity index (χ4v) is 2.99. The minimum atomic E-state index is -0.323. The fourth-order valence-electron chi connectivity index (χ4n) is 1.86. The van der Waals surface area contributed by atoms with E-state index in [4.69, 9.17) is 17.4 Å². The molecule has 2 aromatic rings. The van der Waals surface area contributed by atoms with E-state index in [-0.39, 0.29) is 17.7 Å². The smallest absolute Gasteiger partial charge is 0.123 e. The Kier molecular flexibility index (Phi) is 5.99. The van der Waals surface area contributed by atoms with Crippen LogP contribution in [-0.2, 0) is 6.42 Å². The lowest BCUT2D eigenvalue weighted by atomic mass is 10.1. The van der Waals surface area contributed by atoms with Crippen molar-refractivity contribution in [1.82, 2.24) is 5.43 Å². The van der Waals surface area contributed by atoms with Gasteiger partial charge in [0.1, 0.15) is 11.6 Å². The average molecular weight is 329 g/mol. The maximum atomic E-state index is 13.2. The molecule has 2 rings (SSSR count). The monoisotopic (exact) mass is 328 g/mol. The van der Waals surface area contributed by atoms with E-state index in [1.807, 2.05) is 0 Å². The molecule has 0 amide bonds. The van der Waals surface area contributed by atoms with Crippen molar-refractivity contribution in [3.8, 4) is 0 Å². The summed E-state index contributed by atoms with van der Waals surface area (Å²) >= 11 is 7.59. The Bertz CT molecular complexity index is 593. The van der Waals surface area contributed by atoms with Gasteiger partial charge in [-0.2, -0.15) is 0 Å². The molecule has 112 valence electrons. The van der Waals surface area contributed by atoms with Gasteiger partial charge in [-0.25, -0.2) is 8.78 Å². The van der Waals surface area contributed by atoms with Crippen LogP contribution >= 0.6 is 23.4 Å². The van der Waals surface area contributed by atoms with E-state index in [9.17, 15) is 8.78 Å². The summed E-state index contributed by atoms with van der Waals surface area (Å²) in [5.41, 5.74) is 3.41. The highest BCUT2D eigenvalue weighted by Crippen LogP contribution is 2.22. The van der Waals surface area contributed by atoms with E-state index >= 15 is 0 Å².